The number of nitrogens with one attached hydrogen (secondary N) is 1. The number of rotatable bonds is 1. The number of fused-ring (bicyclic) bond motifs is 1. The summed E-state index contributed by atoms with van der Waals surface area (Å²) in [6.07, 6.45) is 0. The lowest BCUT2D eigenvalue weighted by Crippen LogP contribution is -2.40. The molecular formula is C13H16N2OS. The molecule has 2 aromatic rings. The third-order valence-electron chi connectivity index (χ3n) is 3.72. The van der Waals surface area contributed by atoms with Gasteiger partial charge in [0.1, 0.15) is 10.6 Å². The third kappa shape index (κ3) is 1.52. The molecule has 0 spiro atoms. The van der Waals surface area contributed by atoms with Gasteiger partial charge < -0.3 is 10.4 Å². The van der Waals surface area contributed by atoms with Gasteiger partial charge in [0.2, 0.25) is 0 Å². The van der Waals surface area contributed by atoms with Gasteiger partial charge in [-0.25, -0.2) is 4.98 Å². The van der Waals surface area contributed by atoms with Crippen LogP contribution < -0.4 is 5.32 Å². The smallest absolute Gasteiger partial charge is 0.135 e. The molecule has 1 fully saturated rings. The Morgan fingerprint density at radius 1 is 1.29 bits per heavy atom. The third-order valence-corrected chi connectivity index (χ3v) is 4.90. The van der Waals surface area contributed by atoms with Gasteiger partial charge in [-0.15, -0.1) is 11.3 Å². The fourth-order valence-corrected chi connectivity index (χ4v) is 3.59. The van der Waals surface area contributed by atoms with Crippen molar-refractivity contribution in [2.75, 3.05) is 13.1 Å². The first-order valence-electron chi connectivity index (χ1n) is 5.82. The number of aliphatic hydroxyl groups is 1. The highest BCUT2D eigenvalue weighted by Crippen LogP contribution is 2.44. The standard InChI is InChI=1S/C13H16N2OS/c1-12(2)7-14-8-13(12,16)11-15-9-5-3-4-6-10(9)17-11/h3-6,14,16H,7-8H2,1-2H3/t13-/m0/s1. The molecule has 0 saturated carbocycles. The number of thiazole rings is 1. The van der Waals surface area contributed by atoms with Crippen molar-refractivity contribution < 1.29 is 5.11 Å². The minimum Gasteiger partial charge on any atom is -0.381 e. The molecule has 1 aromatic carbocycles. The van der Waals surface area contributed by atoms with Crippen molar-refractivity contribution in [3.8, 4) is 0 Å². The van der Waals surface area contributed by atoms with Gasteiger partial charge in [-0.1, -0.05) is 26.0 Å². The summed E-state index contributed by atoms with van der Waals surface area (Å²) in [6.45, 7) is 5.57. The summed E-state index contributed by atoms with van der Waals surface area (Å²) in [6, 6.07) is 8.03. The number of nitrogens with zero attached hydrogens (tertiary/aromatic N) is 1. The molecule has 1 saturated heterocycles. The molecular weight excluding hydrogens is 232 g/mol. The van der Waals surface area contributed by atoms with E-state index in [1.807, 2.05) is 18.2 Å². The van der Waals surface area contributed by atoms with Crippen LogP contribution in [-0.2, 0) is 5.60 Å². The summed E-state index contributed by atoms with van der Waals surface area (Å²) in [5.74, 6) is 0. The molecule has 1 aliphatic rings. The molecule has 0 radical (unpaired) electrons. The average molecular weight is 248 g/mol. The second-order valence-electron chi connectivity index (χ2n) is 5.33. The first-order chi connectivity index (χ1) is 8.03. The molecule has 4 heteroatoms. The molecule has 2 N–H and O–H groups in total. The van der Waals surface area contributed by atoms with Crippen molar-refractivity contribution in [1.82, 2.24) is 10.3 Å². The Morgan fingerprint density at radius 2 is 2.06 bits per heavy atom. The summed E-state index contributed by atoms with van der Waals surface area (Å²) in [7, 11) is 0. The maximum Gasteiger partial charge on any atom is 0.135 e. The zero-order valence-electron chi connectivity index (χ0n) is 10.0. The zero-order valence-corrected chi connectivity index (χ0v) is 10.8. The fourth-order valence-electron chi connectivity index (χ4n) is 2.36. The highest BCUT2D eigenvalue weighted by molar-refractivity contribution is 7.18. The molecule has 1 aliphatic heterocycles. The van der Waals surface area contributed by atoms with E-state index >= 15 is 0 Å². The Kier molecular flexibility index (Phi) is 2.30. The predicted octanol–water partition coefficient (Wildman–Crippen LogP) is 2.11. The van der Waals surface area contributed by atoms with Crippen LogP contribution in [0.3, 0.4) is 0 Å². The summed E-state index contributed by atoms with van der Waals surface area (Å²) in [5, 5.41) is 15.0. The normalized spacial score (nSPS) is 27.7. The molecule has 0 aliphatic carbocycles. The Balaban J connectivity index is 2.15. The molecule has 1 aromatic heterocycles. The number of β-amino-alcohol motifs (C(OH)–C–C–N with tert-alkyl or cyclic N) is 1. The Morgan fingerprint density at radius 3 is 2.71 bits per heavy atom. The highest BCUT2D eigenvalue weighted by Gasteiger charge is 2.50. The van der Waals surface area contributed by atoms with Crippen LogP contribution in [0, 0.1) is 5.41 Å². The van der Waals surface area contributed by atoms with E-state index in [-0.39, 0.29) is 5.41 Å². The second kappa shape index (κ2) is 3.51. The van der Waals surface area contributed by atoms with Crippen LogP contribution in [0.1, 0.15) is 18.9 Å². The second-order valence-corrected chi connectivity index (χ2v) is 6.37. The van der Waals surface area contributed by atoms with Crippen LogP contribution in [0.2, 0.25) is 0 Å². The highest BCUT2D eigenvalue weighted by atomic mass is 32.1. The van der Waals surface area contributed by atoms with Gasteiger partial charge in [0.05, 0.1) is 10.2 Å². The van der Waals surface area contributed by atoms with E-state index in [2.05, 4.69) is 30.2 Å². The van der Waals surface area contributed by atoms with Gasteiger partial charge >= 0.3 is 0 Å². The van der Waals surface area contributed by atoms with Crippen LogP contribution in [-0.4, -0.2) is 23.2 Å². The number of benzene rings is 1. The Labute approximate surface area is 105 Å². The quantitative estimate of drug-likeness (QED) is 0.812. The number of aromatic nitrogens is 1. The van der Waals surface area contributed by atoms with Crippen molar-refractivity contribution in [2.45, 2.75) is 19.4 Å². The Hall–Kier alpha value is -0.970. The molecule has 1 atom stereocenters. The lowest BCUT2D eigenvalue weighted by Gasteiger charge is -2.33. The first-order valence-corrected chi connectivity index (χ1v) is 6.64. The first kappa shape index (κ1) is 11.1. The van der Waals surface area contributed by atoms with Crippen LogP contribution >= 0.6 is 11.3 Å². The van der Waals surface area contributed by atoms with Crippen LogP contribution in [0.25, 0.3) is 10.2 Å². The zero-order chi connectivity index (χ0) is 12.1. The van der Waals surface area contributed by atoms with Crippen molar-refractivity contribution in [3.05, 3.63) is 29.3 Å². The largest absolute Gasteiger partial charge is 0.381 e. The molecule has 3 nitrogen and oxygen atoms in total. The summed E-state index contributed by atoms with van der Waals surface area (Å²) < 4.78 is 1.14. The van der Waals surface area contributed by atoms with E-state index < -0.39 is 5.60 Å². The minimum absolute atomic E-state index is 0.180. The summed E-state index contributed by atoms with van der Waals surface area (Å²) in [4.78, 5) is 4.59. The summed E-state index contributed by atoms with van der Waals surface area (Å²) in [5.41, 5.74) is -0.0546. The maximum atomic E-state index is 10.9. The summed E-state index contributed by atoms with van der Waals surface area (Å²) >= 11 is 1.59. The van der Waals surface area contributed by atoms with Gasteiger partial charge in [-0.2, -0.15) is 0 Å². The van der Waals surface area contributed by atoms with E-state index in [0.29, 0.717) is 6.54 Å². The van der Waals surface area contributed by atoms with Gasteiger partial charge in [0, 0.05) is 18.5 Å². The number of hydrogen-bond acceptors (Lipinski definition) is 4. The van der Waals surface area contributed by atoms with Gasteiger partial charge in [0.15, 0.2) is 0 Å². The van der Waals surface area contributed by atoms with Crippen molar-refractivity contribution in [3.63, 3.8) is 0 Å². The molecule has 90 valence electrons. The lowest BCUT2D eigenvalue weighted by molar-refractivity contribution is -0.0324. The molecule has 0 bridgehead atoms. The van der Waals surface area contributed by atoms with Gasteiger partial charge in [-0.3, -0.25) is 0 Å². The van der Waals surface area contributed by atoms with Crippen LogP contribution in [0.15, 0.2) is 24.3 Å². The maximum absolute atomic E-state index is 10.9. The number of para-hydroxylation sites is 1. The fraction of sp³-hybridized carbons (Fsp3) is 0.462. The van der Waals surface area contributed by atoms with Crippen molar-refractivity contribution in [1.29, 1.82) is 0 Å². The van der Waals surface area contributed by atoms with E-state index in [1.54, 1.807) is 11.3 Å². The predicted molar refractivity (Wildman–Crippen MR) is 70.2 cm³/mol. The monoisotopic (exact) mass is 248 g/mol. The van der Waals surface area contributed by atoms with Crippen molar-refractivity contribution in [2.24, 2.45) is 5.41 Å². The van der Waals surface area contributed by atoms with E-state index in [1.165, 1.54) is 0 Å². The van der Waals surface area contributed by atoms with Crippen molar-refractivity contribution >= 4 is 21.6 Å². The van der Waals surface area contributed by atoms with E-state index in [0.717, 1.165) is 21.8 Å². The molecule has 2 heterocycles. The van der Waals surface area contributed by atoms with Gasteiger partial charge in [0.25, 0.3) is 0 Å². The topological polar surface area (TPSA) is 45.1 Å². The molecule has 0 unspecified atom stereocenters. The van der Waals surface area contributed by atoms with E-state index in [4.69, 9.17) is 0 Å². The Bertz CT molecular complexity index is 530. The van der Waals surface area contributed by atoms with Crippen LogP contribution in [0.4, 0.5) is 0 Å². The number of hydrogen-bond donors (Lipinski definition) is 2. The molecule has 17 heavy (non-hydrogen) atoms. The minimum atomic E-state index is -0.851. The van der Waals surface area contributed by atoms with Gasteiger partial charge in [-0.05, 0) is 12.1 Å². The van der Waals surface area contributed by atoms with E-state index in [9.17, 15) is 5.11 Å². The average Bonchev–Trinajstić information content (AvgIpc) is 2.82. The molecule has 0 amide bonds. The SMILES string of the molecule is CC1(C)CNC[C@]1(O)c1nc2ccccc2s1. The lowest BCUT2D eigenvalue weighted by atomic mass is 9.78. The molecule has 3 rings (SSSR count). The van der Waals surface area contributed by atoms with Crippen LogP contribution in [0.5, 0.6) is 0 Å².